The van der Waals surface area contributed by atoms with Gasteiger partial charge in [0.15, 0.2) is 11.3 Å². The molecular formula is C17H22N6O2S. The van der Waals surface area contributed by atoms with Crippen LogP contribution in [0.15, 0.2) is 18.5 Å². The summed E-state index contributed by atoms with van der Waals surface area (Å²) in [6.45, 7) is 4.36. The molecule has 0 aliphatic heterocycles. The van der Waals surface area contributed by atoms with Crippen molar-refractivity contribution in [1.82, 2.24) is 29.3 Å². The minimum Gasteiger partial charge on any atom is -0.345 e. The third kappa shape index (κ3) is 2.44. The molecule has 26 heavy (non-hydrogen) atoms. The largest absolute Gasteiger partial charge is 0.345 e. The molecule has 8 nitrogen and oxygen atoms in total. The molecule has 0 saturated heterocycles. The van der Waals surface area contributed by atoms with Gasteiger partial charge in [-0.25, -0.2) is 18.1 Å². The maximum absolute atomic E-state index is 12.3. The number of sulfonamides is 1. The van der Waals surface area contributed by atoms with E-state index in [0.29, 0.717) is 5.65 Å². The Bertz CT molecular complexity index is 1100. The summed E-state index contributed by atoms with van der Waals surface area (Å²) in [6, 6.07) is 1.91. The van der Waals surface area contributed by atoms with E-state index in [4.69, 9.17) is 0 Å². The Labute approximate surface area is 151 Å². The van der Waals surface area contributed by atoms with E-state index in [1.54, 1.807) is 6.20 Å². The third-order valence-corrected chi connectivity index (χ3v) is 7.82. The Morgan fingerprint density at radius 3 is 2.88 bits per heavy atom. The van der Waals surface area contributed by atoms with Crippen molar-refractivity contribution in [2.75, 3.05) is 0 Å². The van der Waals surface area contributed by atoms with Crippen LogP contribution >= 0.6 is 0 Å². The van der Waals surface area contributed by atoms with Crippen molar-refractivity contribution in [3.05, 3.63) is 24.3 Å². The summed E-state index contributed by atoms with van der Waals surface area (Å²) in [7, 11) is -3.19. The van der Waals surface area contributed by atoms with Crippen molar-refractivity contribution in [3.63, 3.8) is 0 Å². The lowest BCUT2D eigenvalue weighted by molar-refractivity contribution is 0.318. The van der Waals surface area contributed by atoms with Crippen molar-refractivity contribution < 1.29 is 8.42 Å². The molecule has 0 radical (unpaired) electrons. The number of rotatable bonds is 4. The number of hydrogen-bond donors (Lipinski definition) is 2. The standard InChI is InChI=1S/C17H22N6O2S/c1-17(2)8-10(22-26(24,25)11-3-4-11)7-12(17)16-21-20-14-9-19-15-13(23(14)16)5-6-18-15/h5-6,9-12,18,22H,3-4,7-8H2,1-2H3/t10-,12+/m0/s1. The van der Waals surface area contributed by atoms with Gasteiger partial charge in [0.1, 0.15) is 5.82 Å². The van der Waals surface area contributed by atoms with Crippen LogP contribution in [0.25, 0.3) is 16.8 Å². The van der Waals surface area contributed by atoms with E-state index in [-0.39, 0.29) is 22.6 Å². The molecule has 0 amide bonds. The normalized spacial score (nSPS) is 26.1. The molecular weight excluding hydrogens is 352 g/mol. The molecule has 3 aromatic heterocycles. The zero-order chi connectivity index (χ0) is 18.1. The molecule has 2 aliphatic rings. The Kier molecular flexibility index (Phi) is 3.28. The highest BCUT2D eigenvalue weighted by atomic mass is 32.2. The summed E-state index contributed by atoms with van der Waals surface area (Å²) in [6.07, 6.45) is 6.65. The highest BCUT2D eigenvalue weighted by Gasteiger charge is 2.46. The molecule has 2 saturated carbocycles. The van der Waals surface area contributed by atoms with Gasteiger partial charge in [0.25, 0.3) is 0 Å². The van der Waals surface area contributed by atoms with Crippen molar-refractivity contribution in [1.29, 1.82) is 0 Å². The number of hydrogen-bond acceptors (Lipinski definition) is 5. The van der Waals surface area contributed by atoms with Crippen LogP contribution in [-0.2, 0) is 10.0 Å². The van der Waals surface area contributed by atoms with Gasteiger partial charge in [-0.2, -0.15) is 0 Å². The minimum atomic E-state index is -3.19. The topological polar surface area (TPSA) is 105 Å². The predicted octanol–water partition coefficient (Wildman–Crippen LogP) is 1.96. The predicted molar refractivity (Wildman–Crippen MR) is 97.3 cm³/mol. The van der Waals surface area contributed by atoms with Crippen LogP contribution in [0.4, 0.5) is 0 Å². The molecule has 0 unspecified atom stereocenters. The number of aromatic amines is 1. The molecule has 3 heterocycles. The monoisotopic (exact) mass is 374 g/mol. The summed E-state index contributed by atoms with van der Waals surface area (Å²) in [5.41, 5.74) is 2.37. The summed E-state index contributed by atoms with van der Waals surface area (Å²) in [4.78, 5) is 7.48. The average Bonchev–Trinajstić information content (AvgIpc) is 3.07. The van der Waals surface area contributed by atoms with Crippen LogP contribution in [0, 0.1) is 5.41 Å². The molecule has 0 aromatic carbocycles. The van der Waals surface area contributed by atoms with Gasteiger partial charge in [-0.15, -0.1) is 10.2 Å². The number of aromatic nitrogens is 5. The van der Waals surface area contributed by atoms with Gasteiger partial charge in [0.05, 0.1) is 17.0 Å². The summed E-state index contributed by atoms with van der Waals surface area (Å²) in [5.74, 6) is 0.995. The Morgan fingerprint density at radius 2 is 2.12 bits per heavy atom. The van der Waals surface area contributed by atoms with Crippen molar-refractivity contribution in [2.45, 2.75) is 56.7 Å². The summed E-state index contributed by atoms with van der Waals surface area (Å²) < 4.78 is 29.7. The van der Waals surface area contributed by atoms with Gasteiger partial charge in [0.2, 0.25) is 10.0 Å². The quantitative estimate of drug-likeness (QED) is 0.726. The number of nitrogens with one attached hydrogen (secondary N) is 2. The molecule has 0 bridgehead atoms. The molecule has 2 aliphatic carbocycles. The molecule has 3 aromatic rings. The van der Waals surface area contributed by atoms with Gasteiger partial charge in [-0.1, -0.05) is 13.8 Å². The van der Waals surface area contributed by atoms with Crippen molar-refractivity contribution in [2.24, 2.45) is 5.41 Å². The van der Waals surface area contributed by atoms with Crippen LogP contribution in [-0.4, -0.2) is 44.3 Å². The van der Waals surface area contributed by atoms with E-state index in [2.05, 4.69) is 38.7 Å². The van der Waals surface area contributed by atoms with E-state index >= 15 is 0 Å². The Balaban J connectivity index is 1.53. The molecule has 2 atom stereocenters. The zero-order valence-electron chi connectivity index (χ0n) is 14.8. The van der Waals surface area contributed by atoms with Gasteiger partial charge >= 0.3 is 0 Å². The van der Waals surface area contributed by atoms with E-state index in [9.17, 15) is 8.42 Å². The lowest BCUT2D eigenvalue weighted by Gasteiger charge is -2.25. The van der Waals surface area contributed by atoms with Crippen LogP contribution in [0.3, 0.4) is 0 Å². The van der Waals surface area contributed by atoms with Crippen LogP contribution in [0.1, 0.15) is 51.3 Å². The van der Waals surface area contributed by atoms with Gasteiger partial charge in [-0.3, -0.25) is 4.40 Å². The number of fused-ring (bicyclic) bond motifs is 3. The fourth-order valence-electron chi connectivity index (χ4n) is 4.34. The van der Waals surface area contributed by atoms with E-state index in [1.165, 1.54) is 0 Å². The van der Waals surface area contributed by atoms with Crippen molar-refractivity contribution >= 4 is 26.8 Å². The molecule has 9 heteroatoms. The minimum absolute atomic E-state index is 0.0588. The highest BCUT2D eigenvalue weighted by Crippen LogP contribution is 2.49. The van der Waals surface area contributed by atoms with Gasteiger partial charge in [0, 0.05) is 18.2 Å². The molecule has 0 spiro atoms. The first-order valence-corrected chi connectivity index (χ1v) is 10.6. The number of nitrogens with zero attached hydrogens (tertiary/aromatic N) is 4. The Hall–Kier alpha value is -2.00. The smallest absolute Gasteiger partial charge is 0.214 e. The molecule has 5 rings (SSSR count). The summed E-state index contributed by atoms with van der Waals surface area (Å²) in [5, 5.41) is 8.57. The number of H-pyrrole nitrogens is 1. The fraction of sp³-hybridized carbons (Fsp3) is 0.588. The Morgan fingerprint density at radius 1 is 1.31 bits per heavy atom. The maximum atomic E-state index is 12.3. The SMILES string of the molecule is CC1(C)C[C@@H](NS(=O)(=O)C2CC2)C[C@@H]1c1nnc2cnc3[nH]ccc3n12. The summed E-state index contributed by atoms with van der Waals surface area (Å²) >= 11 is 0. The first kappa shape index (κ1) is 16.2. The first-order chi connectivity index (χ1) is 12.4. The second-order valence-corrected chi connectivity index (χ2v) is 10.3. The lowest BCUT2D eigenvalue weighted by atomic mass is 9.81. The molecule has 138 valence electrons. The average molecular weight is 374 g/mol. The molecule has 2 N–H and O–H groups in total. The first-order valence-electron chi connectivity index (χ1n) is 9.03. The van der Waals surface area contributed by atoms with E-state index < -0.39 is 10.0 Å². The van der Waals surface area contributed by atoms with E-state index in [1.807, 2.05) is 16.7 Å². The molecule has 2 fully saturated rings. The highest BCUT2D eigenvalue weighted by molar-refractivity contribution is 7.90. The second kappa shape index (κ2) is 5.26. The van der Waals surface area contributed by atoms with Gasteiger partial charge < -0.3 is 4.98 Å². The van der Waals surface area contributed by atoms with Crippen LogP contribution < -0.4 is 4.72 Å². The maximum Gasteiger partial charge on any atom is 0.214 e. The second-order valence-electron chi connectivity index (χ2n) is 8.26. The zero-order valence-corrected chi connectivity index (χ0v) is 15.6. The third-order valence-electron chi connectivity index (χ3n) is 5.81. The van der Waals surface area contributed by atoms with Crippen LogP contribution in [0.5, 0.6) is 0 Å². The lowest BCUT2D eigenvalue weighted by Crippen LogP contribution is -2.35. The van der Waals surface area contributed by atoms with Crippen LogP contribution in [0.2, 0.25) is 0 Å². The fourth-order valence-corrected chi connectivity index (χ4v) is 5.93. The van der Waals surface area contributed by atoms with E-state index in [0.717, 1.165) is 42.7 Å². The van der Waals surface area contributed by atoms with Gasteiger partial charge in [-0.05, 0) is 37.2 Å². The van der Waals surface area contributed by atoms with Crippen molar-refractivity contribution in [3.8, 4) is 0 Å².